The summed E-state index contributed by atoms with van der Waals surface area (Å²) in [5, 5.41) is 11.8. The zero-order valence-electron chi connectivity index (χ0n) is 53.6. The number of aliphatic carboxylic acids is 1. The van der Waals surface area contributed by atoms with Crippen molar-refractivity contribution >= 4 is 17.9 Å². The van der Waals surface area contributed by atoms with Gasteiger partial charge in [-0.3, -0.25) is 9.59 Å². The second-order valence-corrected chi connectivity index (χ2v) is 23.4. The minimum absolute atomic E-state index is 0.143. The maximum Gasteiger partial charge on any atom is 0.306 e. The highest BCUT2D eigenvalue weighted by molar-refractivity contribution is 5.70. The summed E-state index contributed by atoms with van der Waals surface area (Å²) in [6, 6.07) is 0. The first-order valence-corrected chi connectivity index (χ1v) is 33.5. The van der Waals surface area contributed by atoms with Crippen molar-refractivity contribution in [3.8, 4) is 0 Å². The average Bonchev–Trinajstić information content (AvgIpc) is 3.47. The summed E-state index contributed by atoms with van der Waals surface area (Å²) in [6.07, 6.45) is 84.4. The molecule has 0 saturated heterocycles. The second kappa shape index (κ2) is 63.0. The van der Waals surface area contributed by atoms with Gasteiger partial charge in [0.1, 0.15) is 13.2 Å². The van der Waals surface area contributed by atoms with E-state index in [1.54, 1.807) is 0 Å². The van der Waals surface area contributed by atoms with Crippen LogP contribution in [0, 0.1) is 0 Å². The number of unbranched alkanes of at least 4 members (excludes halogenated alkanes) is 28. The van der Waals surface area contributed by atoms with Gasteiger partial charge in [0.15, 0.2) is 12.4 Å². The molecule has 9 heteroatoms. The number of esters is 2. The Labute approximate surface area is 505 Å². The number of carboxylic acids is 1. The zero-order chi connectivity index (χ0) is 59.8. The number of carbonyl (C=O) groups excluding carboxylic acids is 3. The SMILES string of the molecule is CC/C=C\C/C=C\C/C=C\C/C=C\C/C=C\C/C=C\C/C=C\C/C=C\C/C=C\CCCCCCCCCCCC(=O)OC(COC(=O)CCCCCCCCCCCCCCCCCCCCCC)COC(OCC[N+](C)(C)C)C(=O)[O-]. The van der Waals surface area contributed by atoms with Crippen LogP contribution in [0.2, 0.25) is 0 Å². The Morgan fingerprint density at radius 2 is 0.695 bits per heavy atom. The van der Waals surface area contributed by atoms with Crippen LogP contribution in [0.25, 0.3) is 0 Å². The van der Waals surface area contributed by atoms with Crippen molar-refractivity contribution in [1.29, 1.82) is 0 Å². The van der Waals surface area contributed by atoms with Gasteiger partial charge >= 0.3 is 11.9 Å². The number of nitrogens with zero attached hydrogens (tertiary/aromatic N) is 1. The van der Waals surface area contributed by atoms with Crippen molar-refractivity contribution in [3.05, 3.63) is 109 Å². The average molecular weight is 1140 g/mol. The molecule has 0 aliphatic rings. The molecule has 0 heterocycles. The summed E-state index contributed by atoms with van der Waals surface area (Å²) >= 11 is 0. The number of carbonyl (C=O) groups is 3. The molecule has 0 bridgehead atoms. The minimum atomic E-state index is -1.63. The van der Waals surface area contributed by atoms with Gasteiger partial charge in [0.25, 0.3) is 0 Å². The maximum absolute atomic E-state index is 12.9. The lowest BCUT2D eigenvalue weighted by Crippen LogP contribution is -2.44. The van der Waals surface area contributed by atoms with Crippen LogP contribution in [0.3, 0.4) is 0 Å². The topological polar surface area (TPSA) is 111 Å². The van der Waals surface area contributed by atoms with E-state index < -0.39 is 24.3 Å². The van der Waals surface area contributed by atoms with E-state index in [9.17, 15) is 19.5 Å². The number of hydrogen-bond donors (Lipinski definition) is 0. The second-order valence-electron chi connectivity index (χ2n) is 23.4. The third-order valence-electron chi connectivity index (χ3n) is 14.3. The predicted molar refractivity (Wildman–Crippen MR) is 347 cm³/mol. The molecule has 470 valence electrons. The van der Waals surface area contributed by atoms with E-state index in [1.165, 1.54) is 141 Å². The molecule has 0 N–H and O–H groups in total. The fourth-order valence-electron chi connectivity index (χ4n) is 9.18. The summed E-state index contributed by atoms with van der Waals surface area (Å²) in [7, 11) is 5.92. The Balaban J connectivity index is 4.17. The molecule has 0 aliphatic heterocycles. The zero-order valence-corrected chi connectivity index (χ0v) is 53.6. The molecule has 0 spiro atoms. The van der Waals surface area contributed by atoms with Crippen molar-refractivity contribution in [1.82, 2.24) is 0 Å². The van der Waals surface area contributed by atoms with Gasteiger partial charge in [-0.25, -0.2) is 0 Å². The molecule has 0 aromatic carbocycles. The highest BCUT2D eigenvalue weighted by Gasteiger charge is 2.22. The van der Waals surface area contributed by atoms with Crippen molar-refractivity contribution in [2.24, 2.45) is 0 Å². The van der Waals surface area contributed by atoms with Crippen LogP contribution in [0.5, 0.6) is 0 Å². The summed E-state index contributed by atoms with van der Waals surface area (Å²) in [5.74, 6) is -2.29. The highest BCUT2D eigenvalue weighted by atomic mass is 16.7. The number of allylic oxidation sites excluding steroid dienone is 18. The van der Waals surface area contributed by atoms with Crippen LogP contribution in [0.4, 0.5) is 0 Å². The molecule has 9 nitrogen and oxygen atoms in total. The summed E-state index contributed by atoms with van der Waals surface area (Å²) in [5.41, 5.74) is 0. The summed E-state index contributed by atoms with van der Waals surface area (Å²) < 4.78 is 22.8. The first kappa shape index (κ1) is 78.0. The quantitative estimate of drug-likeness (QED) is 0.0195. The number of likely N-dealkylation sites (N-methyl/N-ethyl adjacent to an activating group) is 1. The number of quaternary nitrogens is 1. The van der Waals surface area contributed by atoms with E-state index in [2.05, 4.69) is 123 Å². The lowest BCUT2D eigenvalue weighted by Gasteiger charge is -2.26. The van der Waals surface area contributed by atoms with E-state index in [0.29, 0.717) is 23.9 Å². The molecule has 0 aromatic rings. The van der Waals surface area contributed by atoms with Crippen LogP contribution in [0.15, 0.2) is 109 Å². The molecule has 0 radical (unpaired) electrons. The van der Waals surface area contributed by atoms with E-state index in [0.717, 1.165) is 103 Å². The third-order valence-corrected chi connectivity index (χ3v) is 14.3. The van der Waals surface area contributed by atoms with Crippen molar-refractivity contribution < 1.29 is 42.9 Å². The van der Waals surface area contributed by atoms with Crippen LogP contribution >= 0.6 is 0 Å². The number of carboxylic acid groups (broad SMARTS) is 1. The van der Waals surface area contributed by atoms with Crippen LogP contribution < -0.4 is 5.11 Å². The molecule has 0 amide bonds. The van der Waals surface area contributed by atoms with Crippen LogP contribution in [0.1, 0.15) is 277 Å². The minimum Gasteiger partial charge on any atom is -0.545 e. The Bertz CT molecular complexity index is 1710. The van der Waals surface area contributed by atoms with Crippen LogP contribution in [-0.2, 0) is 33.3 Å². The standard InChI is InChI=1S/C73H125NO8/c1-6-8-10-12-14-16-18-20-22-24-26-28-29-30-31-32-33-34-35-36-37-38-39-40-41-42-43-44-46-48-50-52-54-56-58-60-62-64-71(76)82-69(68-81-73(72(77)78)79-66-65-74(3,4)5)67-80-70(75)63-61-59-57-55-53-51-49-47-45-27-25-23-21-19-17-15-13-11-9-7-2/h8,10,14,16,20,22,26,28,30-31,33-34,36-37,39-40,42-43,69,73H,6-7,9,11-13,15,17-19,21,23-25,27,29,32,35,38,41,44-68H2,1-5H3/b10-8-,16-14-,22-20-,28-26-,31-30-,34-33-,37-36-,40-39-,43-42-. The van der Waals surface area contributed by atoms with Gasteiger partial charge in [0.2, 0.25) is 0 Å². The molecule has 82 heavy (non-hydrogen) atoms. The lowest BCUT2D eigenvalue weighted by molar-refractivity contribution is -0.870. The lowest BCUT2D eigenvalue weighted by atomic mass is 10.0. The van der Waals surface area contributed by atoms with E-state index in [4.69, 9.17) is 18.9 Å². The largest absolute Gasteiger partial charge is 0.545 e. The fraction of sp³-hybridized carbons (Fsp3) is 0.712. The van der Waals surface area contributed by atoms with Crippen molar-refractivity contribution in [2.45, 2.75) is 289 Å². The molecule has 0 saturated carbocycles. The number of hydrogen-bond acceptors (Lipinski definition) is 8. The highest BCUT2D eigenvalue weighted by Crippen LogP contribution is 2.17. The molecular weight excluding hydrogens is 1020 g/mol. The third kappa shape index (κ3) is 63.5. The number of ether oxygens (including phenoxy) is 4. The first-order chi connectivity index (χ1) is 40.1. The van der Waals surface area contributed by atoms with Gasteiger partial charge < -0.3 is 33.3 Å². The molecule has 2 atom stereocenters. The van der Waals surface area contributed by atoms with Gasteiger partial charge in [-0.2, -0.15) is 0 Å². The Morgan fingerprint density at radius 3 is 1.04 bits per heavy atom. The van der Waals surface area contributed by atoms with E-state index in [1.807, 2.05) is 21.1 Å². The summed E-state index contributed by atoms with van der Waals surface area (Å²) in [4.78, 5) is 37.4. The molecule has 2 unspecified atom stereocenters. The monoisotopic (exact) mass is 1140 g/mol. The van der Waals surface area contributed by atoms with Crippen molar-refractivity contribution in [2.75, 3.05) is 47.5 Å². The van der Waals surface area contributed by atoms with Gasteiger partial charge in [0.05, 0.1) is 40.3 Å². The molecule has 0 fully saturated rings. The maximum atomic E-state index is 12.9. The molecule has 0 aliphatic carbocycles. The first-order valence-electron chi connectivity index (χ1n) is 33.5. The predicted octanol–water partition coefficient (Wildman–Crippen LogP) is 19.3. The van der Waals surface area contributed by atoms with Gasteiger partial charge in [-0.15, -0.1) is 0 Å². The normalized spacial score (nSPS) is 13.4. The van der Waals surface area contributed by atoms with E-state index in [-0.39, 0.29) is 32.2 Å². The molecule has 0 aromatic heterocycles. The van der Waals surface area contributed by atoms with Crippen LogP contribution in [-0.4, -0.2) is 82.3 Å². The Hall–Kier alpha value is -4.05. The Morgan fingerprint density at radius 1 is 0.378 bits per heavy atom. The fourth-order valence-corrected chi connectivity index (χ4v) is 9.18. The molecular formula is C73H125NO8. The summed E-state index contributed by atoms with van der Waals surface area (Å²) in [6.45, 7) is 4.65. The smallest absolute Gasteiger partial charge is 0.306 e. The van der Waals surface area contributed by atoms with E-state index >= 15 is 0 Å². The van der Waals surface area contributed by atoms with Gasteiger partial charge in [0, 0.05) is 12.8 Å². The van der Waals surface area contributed by atoms with Crippen molar-refractivity contribution in [3.63, 3.8) is 0 Å². The Kier molecular flexibility index (Phi) is 59.9. The van der Waals surface area contributed by atoms with Gasteiger partial charge in [-0.05, 0) is 83.5 Å². The number of rotatable bonds is 61. The van der Waals surface area contributed by atoms with Gasteiger partial charge in [-0.1, -0.05) is 290 Å². The molecule has 0 rings (SSSR count).